The summed E-state index contributed by atoms with van der Waals surface area (Å²) in [6.45, 7) is 1.95. The van der Waals surface area contributed by atoms with E-state index in [1.807, 2.05) is 25.1 Å². The Morgan fingerprint density at radius 1 is 1.40 bits per heavy atom. The number of carbonyl (C=O) groups is 1. The molecule has 0 saturated heterocycles. The molecule has 0 aliphatic rings. The molecule has 0 atom stereocenters. The van der Waals surface area contributed by atoms with E-state index >= 15 is 0 Å². The Hall–Kier alpha value is -1.37. The van der Waals surface area contributed by atoms with E-state index in [1.54, 1.807) is 18.3 Å². The highest BCUT2D eigenvalue weighted by atomic mass is 79.9. The molecule has 0 radical (unpaired) electrons. The molecule has 7 heteroatoms. The molecule has 2 N–H and O–H groups in total. The van der Waals surface area contributed by atoms with Gasteiger partial charge in [-0.3, -0.25) is 0 Å². The predicted octanol–water partition coefficient (Wildman–Crippen LogP) is 4.63. The van der Waals surface area contributed by atoms with Crippen molar-refractivity contribution in [1.29, 1.82) is 0 Å². The largest absolute Gasteiger partial charge is 0.339 e. The number of urea groups is 1. The van der Waals surface area contributed by atoms with Gasteiger partial charge in [-0.15, -0.1) is 11.3 Å². The fraction of sp³-hybridized carbons (Fsp3) is 0.0769. The maximum atomic E-state index is 11.6. The third-order valence-corrected chi connectivity index (χ3v) is 4.42. The van der Waals surface area contributed by atoms with E-state index in [0.29, 0.717) is 10.0 Å². The minimum absolute atomic E-state index is 0.398. The van der Waals surface area contributed by atoms with Gasteiger partial charge in [-0.1, -0.05) is 27.5 Å². The van der Waals surface area contributed by atoms with Crippen LogP contribution in [-0.2, 0) is 0 Å². The average molecular weight is 373 g/mol. The maximum absolute atomic E-state index is 11.6. The van der Waals surface area contributed by atoms with Crippen LogP contribution in [0.15, 0.2) is 39.9 Å². The summed E-state index contributed by atoms with van der Waals surface area (Å²) in [5.74, 6) is 0. The molecule has 2 amide bonds. The minimum atomic E-state index is -0.398. The van der Waals surface area contributed by atoms with E-state index in [1.165, 1.54) is 11.3 Å². The lowest BCUT2D eigenvalue weighted by Gasteiger charge is -2.05. The zero-order valence-electron chi connectivity index (χ0n) is 10.5. The Balaban J connectivity index is 1.89. The molecule has 0 aliphatic carbocycles. The lowest BCUT2D eigenvalue weighted by molar-refractivity contribution is 0.252. The first-order chi connectivity index (χ1) is 9.54. The Morgan fingerprint density at radius 2 is 2.20 bits per heavy atom. The van der Waals surface area contributed by atoms with Crippen LogP contribution < -0.4 is 10.7 Å². The summed E-state index contributed by atoms with van der Waals surface area (Å²) in [5.41, 5.74) is 4.14. The molecule has 1 heterocycles. The van der Waals surface area contributed by atoms with Crippen molar-refractivity contribution < 1.29 is 4.79 Å². The van der Waals surface area contributed by atoms with Gasteiger partial charge < -0.3 is 5.32 Å². The number of hydrogen-bond acceptors (Lipinski definition) is 3. The minimum Gasteiger partial charge on any atom is -0.307 e. The lowest BCUT2D eigenvalue weighted by atomic mass is 10.2. The third-order valence-electron chi connectivity index (χ3n) is 2.37. The highest BCUT2D eigenvalue weighted by Crippen LogP contribution is 2.20. The van der Waals surface area contributed by atoms with Crippen molar-refractivity contribution in [2.75, 3.05) is 5.32 Å². The average Bonchev–Trinajstić information content (AvgIpc) is 2.80. The van der Waals surface area contributed by atoms with Crippen LogP contribution in [-0.4, -0.2) is 12.2 Å². The van der Waals surface area contributed by atoms with E-state index in [9.17, 15) is 4.79 Å². The van der Waals surface area contributed by atoms with Gasteiger partial charge in [0.25, 0.3) is 0 Å². The number of hydrazone groups is 1. The predicted molar refractivity (Wildman–Crippen MR) is 88.0 cm³/mol. The van der Waals surface area contributed by atoms with Gasteiger partial charge in [0.1, 0.15) is 0 Å². The highest BCUT2D eigenvalue weighted by Gasteiger charge is 2.02. The van der Waals surface area contributed by atoms with Crippen LogP contribution in [0.25, 0.3) is 0 Å². The molecule has 0 saturated carbocycles. The number of amides is 2. The summed E-state index contributed by atoms with van der Waals surface area (Å²) >= 11 is 10.6. The first-order valence-electron chi connectivity index (χ1n) is 5.66. The van der Waals surface area contributed by atoms with Gasteiger partial charge in [0, 0.05) is 15.0 Å². The summed E-state index contributed by atoms with van der Waals surface area (Å²) in [6, 6.07) is 8.76. The molecule has 0 aliphatic heterocycles. The number of benzene rings is 1. The number of carbonyl (C=O) groups excluding carboxylic acids is 1. The van der Waals surface area contributed by atoms with Crippen molar-refractivity contribution in [3.8, 4) is 0 Å². The van der Waals surface area contributed by atoms with E-state index in [4.69, 9.17) is 11.6 Å². The fourth-order valence-electron chi connectivity index (χ4n) is 1.43. The van der Waals surface area contributed by atoms with Crippen molar-refractivity contribution in [3.05, 3.63) is 49.6 Å². The summed E-state index contributed by atoms with van der Waals surface area (Å²) in [6.07, 6.45) is 1.54. The molecule has 1 aromatic heterocycles. The number of rotatable bonds is 3. The zero-order valence-corrected chi connectivity index (χ0v) is 13.6. The molecular weight excluding hydrogens is 362 g/mol. The molecule has 4 nitrogen and oxygen atoms in total. The molecule has 2 aromatic rings. The van der Waals surface area contributed by atoms with E-state index < -0.39 is 6.03 Å². The van der Waals surface area contributed by atoms with Crippen molar-refractivity contribution in [1.82, 2.24) is 5.43 Å². The van der Waals surface area contributed by atoms with Gasteiger partial charge in [-0.25, -0.2) is 10.2 Å². The molecule has 1 aromatic carbocycles. The van der Waals surface area contributed by atoms with Crippen LogP contribution in [0, 0.1) is 6.92 Å². The molecular formula is C13H11BrClN3OS. The second-order valence-electron chi connectivity index (χ2n) is 3.93. The SMILES string of the molecule is Cc1cc(NC(=O)N/N=C/c2ccc(Cl)s2)ccc1Br. The second-order valence-corrected chi connectivity index (χ2v) is 6.53. The number of aryl methyl sites for hydroxylation is 1. The Kier molecular flexibility index (Phi) is 5.17. The van der Waals surface area contributed by atoms with Crippen LogP contribution >= 0.6 is 38.9 Å². The van der Waals surface area contributed by atoms with Gasteiger partial charge in [0.05, 0.1) is 10.6 Å². The van der Waals surface area contributed by atoms with Gasteiger partial charge in [-0.2, -0.15) is 5.10 Å². The van der Waals surface area contributed by atoms with Gasteiger partial charge in [-0.05, 0) is 42.8 Å². The topological polar surface area (TPSA) is 53.5 Å². The number of nitrogens with zero attached hydrogens (tertiary/aromatic N) is 1. The number of hydrogen-bond donors (Lipinski definition) is 2. The molecule has 0 bridgehead atoms. The number of halogens is 2. The summed E-state index contributed by atoms with van der Waals surface area (Å²) in [5, 5.41) is 6.54. The number of thiophene rings is 1. The Bertz CT molecular complexity index is 657. The summed E-state index contributed by atoms with van der Waals surface area (Å²) in [7, 11) is 0. The zero-order chi connectivity index (χ0) is 14.5. The number of nitrogens with one attached hydrogen (secondary N) is 2. The summed E-state index contributed by atoms with van der Waals surface area (Å²) in [4.78, 5) is 12.5. The second kappa shape index (κ2) is 6.88. The van der Waals surface area contributed by atoms with E-state index in [0.717, 1.165) is 14.9 Å². The smallest absolute Gasteiger partial charge is 0.307 e. The highest BCUT2D eigenvalue weighted by molar-refractivity contribution is 9.10. The molecule has 0 fully saturated rings. The van der Waals surface area contributed by atoms with Gasteiger partial charge in [0.2, 0.25) is 0 Å². The van der Waals surface area contributed by atoms with Crippen LogP contribution in [0.5, 0.6) is 0 Å². The molecule has 0 spiro atoms. The van der Waals surface area contributed by atoms with E-state index in [2.05, 4.69) is 31.8 Å². The molecule has 0 unspecified atom stereocenters. The Morgan fingerprint density at radius 3 is 2.85 bits per heavy atom. The van der Waals surface area contributed by atoms with Crippen molar-refractivity contribution >= 4 is 56.8 Å². The van der Waals surface area contributed by atoms with Gasteiger partial charge >= 0.3 is 6.03 Å². The quantitative estimate of drug-likeness (QED) is 0.599. The fourth-order valence-corrected chi connectivity index (χ4v) is 2.61. The number of anilines is 1. The standard InChI is InChI=1S/C13H11BrClN3OS/c1-8-6-9(2-4-11(8)14)17-13(19)18-16-7-10-3-5-12(15)20-10/h2-7H,1H3,(H2,17,18,19)/b16-7+. The van der Waals surface area contributed by atoms with Crippen LogP contribution in [0.2, 0.25) is 4.34 Å². The first kappa shape index (κ1) is 15.0. The molecule has 104 valence electrons. The van der Waals surface area contributed by atoms with Crippen LogP contribution in [0.3, 0.4) is 0 Å². The monoisotopic (exact) mass is 371 g/mol. The normalized spacial score (nSPS) is 10.8. The van der Waals surface area contributed by atoms with Crippen LogP contribution in [0.1, 0.15) is 10.4 Å². The van der Waals surface area contributed by atoms with Crippen molar-refractivity contribution in [2.24, 2.45) is 5.10 Å². The molecule has 2 rings (SSSR count). The van der Waals surface area contributed by atoms with Crippen molar-refractivity contribution in [2.45, 2.75) is 6.92 Å². The van der Waals surface area contributed by atoms with Crippen LogP contribution in [0.4, 0.5) is 10.5 Å². The first-order valence-corrected chi connectivity index (χ1v) is 7.65. The molecule has 20 heavy (non-hydrogen) atoms. The van der Waals surface area contributed by atoms with Crippen molar-refractivity contribution in [3.63, 3.8) is 0 Å². The third kappa shape index (κ3) is 4.33. The van der Waals surface area contributed by atoms with E-state index in [-0.39, 0.29) is 0 Å². The lowest BCUT2D eigenvalue weighted by Crippen LogP contribution is -2.24. The Labute approximate surface area is 134 Å². The summed E-state index contributed by atoms with van der Waals surface area (Å²) < 4.78 is 1.68. The van der Waals surface area contributed by atoms with Gasteiger partial charge in [0.15, 0.2) is 0 Å². The maximum Gasteiger partial charge on any atom is 0.339 e.